The number of ether oxygens (including phenoxy) is 1. The molecule has 5 heteroatoms. The molecule has 2 aromatic rings. The van der Waals surface area contributed by atoms with E-state index in [0.717, 1.165) is 0 Å². The molecule has 0 aliphatic heterocycles. The third-order valence-corrected chi connectivity index (χ3v) is 2.68. The summed E-state index contributed by atoms with van der Waals surface area (Å²) in [6.45, 7) is 0. The number of rotatable bonds is 2. The van der Waals surface area contributed by atoms with Crippen LogP contribution >= 0.6 is 0 Å². The summed E-state index contributed by atoms with van der Waals surface area (Å²) in [5.41, 5.74) is 0.147. The van der Waals surface area contributed by atoms with Crippen LogP contribution in [0.25, 0.3) is 16.6 Å². The smallest absolute Gasteiger partial charge is 0.337 e. The van der Waals surface area contributed by atoms with E-state index in [2.05, 4.69) is 4.74 Å². The Kier molecular flexibility index (Phi) is 3.55. The van der Waals surface area contributed by atoms with E-state index < -0.39 is 17.9 Å². The second kappa shape index (κ2) is 5.14. The Morgan fingerprint density at radius 3 is 2.00 bits per heavy atom. The number of esters is 1. The van der Waals surface area contributed by atoms with Gasteiger partial charge in [-0.3, -0.25) is 0 Å². The van der Waals surface area contributed by atoms with Crippen LogP contribution in [-0.2, 0) is 4.74 Å². The lowest BCUT2D eigenvalue weighted by Crippen LogP contribution is -2.00. The van der Waals surface area contributed by atoms with Crippen molar-refractivity contribution in [1.82, 2.24) is 0 Å². The molecule has 0 saturated heterocycles. The number of benzene rings is 2. The molecule has 2 aromatic carbocycles. The van der Waals surface area contributed by atoms with Crippen molar-refractivity contribution in [3.8, 4) is 0 Å². The third kappa shape index (κ3) is 2.59. The highest BCUT2D eigenvalue weighted by molar-refractivity contribution is 5.96. The average Bonchev–Trinajstić information content (AvgIpc) is 2.44. The fourth-order valence-electron chi connectivity index (χ4n) is 1.74. The fourth-order valence-corrected chi connectivity index (χ4v) is 1.74. The lowest BCUT2D eigenvalue weighted by molar-refractivity contribution is 0.0601. The van der Waals surface area contributed by atoms with Crippen molar-refractivity contribution in [3.63, 3.8) is 0 Å². The van der Waals surface area contributed by atoms with Crippen molar-refractivity contribution in [3.05, 3.63) is 53.6 Å². The SMILES string of the molecule is COC(=O)c1ccc2cc(C(F)=C(F)F)ccc2c1. The summed E-state index contributed by atoms with van der Waals surface area (Å²) < 4.78 is 42.0. The number of fused-ring (bicyclic) bond motifs is 1. The van der Waals surface area contributed by atoms with E-state index in [0.29, 0.717) is 16.3 Å². The number of methoxy groups -OCH3 is 1. The van der Waals surface area contributed by atoms with Crippen LogP contribution in [0, 0.1) is 0 Å². The van der Waals surface area contributed by atoms with Gasteiger partial charge in [0.05, 0.1) is 12.7 Å². The Morgan fingerprint density at radius 2 is 1.47 bits per heavy atom. The molecule has 0 atom stereocenters. The summed E-state index contributed by atoms with van der Waals surface area (Å²) in [6.07, 6.45) is -2.36. The van der Waals surface area contributed by atoms with Crippen LogP contribution in [-0.4, -0.2) is 13.1 Å². The highest BCUT2D eigenvalue weighted by atomic mass is 19.3. The topological polar surface area (TPSA) is 26.3 Å². The maximum absolute atomic E-state index is 13.1. The Hall–Kier alpha value is -2.30. The molecule has 0 aliphatic carbocycles. The maximum Gasteiger partial charge on any atom is 0.337 e. The first kappa shape index (κ1) is 13.1. The van der Waals surface area contributed by atoms with Gasteiger partial charge in [0.15, 0.2) is 5.83 Å². The molecular formula is C14H9F3O2. The third-order valence-electron chi connectivity index (χ3n) is 2.68. The zero-order valence-corrected chi connectivity index (χ0v) is 9.91. The minimum atomic E-state index is -2.36. The molecular weight excluding hydrogens is 257 g/mol. The van der Waals surface area contributed by atoms with Crippen molar-refractivity contribution in [2.24, 2.45) is 0 Å². The molecule has 2 nitrogen and oxygen atoms in total. The van der Waals surface area contributed by atoms with Crippen LogP contribution in [0.5, 0.6) is 0 Å². The number of hydrogen-bond donors (Lipinski definition) is 0. The van der Waals surface area contributed by atoms with E-state index in [1.807, 2.05) is 0 Å². The minimum Gasteiger partial charge on any atom is -0.465 e. The van der Waals surface area contributed by atoms with Gasteiger partial charge in [-0.25, -0.2) is 9.18 Å². The summed E-state index contributed by atoms with van der Waals surface area (Å²) in [5, 5.41) is 1.19. The van der Waals surface area contributed by atoms with Crippen molar-refractivity contribution in [1.29, 1.82) is 0 Å². The molecule has 0 aromatic heterocycles. The largest absolute Gasteiger partial charge is 0.465 e. The number of hydrogen-bond acceptors (Lipinski definition) is 2. The molecule has 0 spiro atoms. The van der Waals surface area contributed by atoms with E-state index in [9.17, 15) is 18.0 Å². The molecule has 0 fully saturated rings. The van der Waals surface area contributed by atoms with Crippen LogP contribution in [0.1, 0.15) is 15.9 Å². The zero-order valence-electron chi connectivity index (χ0n) is 9.91. The van der Waals surface area contributed by atoms with Gasteiger partial charge >= 0.3 is 12.0 Å². The van der Waals surface area contributed by atoms with E-state index in [1.165, 1.54) is 31.4 Å². The van der Waals surface area contributed by atoms with Gasteiger partial charge in [0.2, 0.25) is 0 Å². The van der Waals surface area contributed by atoms with Crippen molar-refractivity contribution < 1.29 is 22.7 Å². The summed E-state index contributed by atoms with van der Waals surface area (Å²) in [7, 11) is 1.26. The molecule has 0 radical (unpaired) electrons. The van der Waals surface area contributed by atoms with Crippen molar-refractivity contribution >= 4 is 22.6 Å². The molecule has 0 aliphatic rings. The van der Waals surface area contributed by atoms with Gasteiger partial charge in [-0.05, 0) is 29.0 Å². The summed E-state index contributed by atoms with van der Waals surface area (Å²) in [5.74, 6) is -2.04. The first-order valence-corrected chi connectivity index (χ1v) is 5.36. The van der Waals surface area contributed by atoms with Crippen molar-refractivity contribution in [2.45, 2.75) is 0 Å². The Morgan fingerprint density at radius 1 is 0.947 bits per heavy atom. The molecule has 0 heterocycles. The van der Waals surface area contributed by atoms with Crippen molar-refractivity contribution in [2.75, 3.05) is 7.11 Å². The quantitative estimate of drug-likeness (QED) is 0.763. The Labute approximate surface area is 107 Å². The van der Waals surface area contributed by atoms with E-state index in [1.54, 1.807) is 12.1 Å². The summed E-state index contributed by atoms with van der Waals surface area (Å²) in [6, 6.07) is 8.60. The lowest BCUT2D eigenvalue weighted by atomic mass is 10.0. The zero-order chi connectivity index (χ0) is 14.0. The summed E-state index contributed by atoms with van der Waals surface area (Å²) in [4.78, 5) is 11.3. The molecule has 98 valence electrons. The lowest BCUT2D eigenvalue weighted by Gasteiger charge is -2.04. The molecule has 0 bridgehead atoms. The maximum atomic E-state index is 13.1. The average molecular weight is 266 g/mol. The molecule has 0 saturated carbocycles. The number of carbonyl (C=O) groups is 1. The molecule has 0 N–H and O–H groups in total. The van der Waals surface area contributed by atoms with Gasteiger partial charge in [0, 0.05) is 5.56 Å². The highest BCUT2D eigenvalue weighted by Gasteiger charge is 2.10. The Bertz CT molecular complexity index is 673. The van der Waals surface area contributed by atoms with Gasteiger partial charge in [-0.1, -0.05) is 18.2 Å². The van der Waals surface area contributed by atoms with Crippen LogP contribution in [0.4, 0.5) is 13.2 Å². The predicted octanol–water partition coefficient (Wildman–Crippen LogP) is 4.16. The number of halogens is 3. The van der Waals surface area contributed by atoms with E-state index >= 15 is 0 Å². The number of carbonyl (C=O) groups excluding carboxylic acids is 1. The monoisotopic (exact) mass is 266 g/mol. The second-order valence-corrected chi connectivity index (χ2v) is 3.84. The molecule has 0 amide bonds. The van der Waals surface area contributed by atoms with E-state index in [4.69, 9.17) is 0 Å². The van der Waals surface area contributed by atoms with Gasteiger partial charge < -0.3 is 4.74 Å². The van der Waals surface area contributed by atoms with Gasteiger partial charge in [-0.15, -0.1) is 0 Å². The standard InChI is InChI=1S/C14H9F3O2/c1-19-14(18)11-5-3-8-6-10(12(15)13(16)17)4-2-9(8)7-11/h2-7H,1H3. The highest BCUT2D eigenvalue weighted by Crippen LogP contribution is 2.26. The Balaban J connectivity index is 2.52. The second-order valence-electron chi connectivity index (χ2n) is 3.84. The minimum absolute atomic E-state index is 0.196. The van der Waals surface area contributed by atoms with Crippen LogP contribution < -0.4 is 0 Å². The van der Waals surface area contributed by atoms with Crippen LogP contribution in [0.2, 0.25) is 0 Å². The first-order chi connectivity index (χ1) is 9.02. The molecule has 19 heavy (non-hydrogen) atoms. The molecule has 2 rings (SSSR count). The van der Waals surface area contributed by atoms with Crippen LogP contribution in [0.3, 0.4) is 0 Å². The van der Waals surface area contributed by atoms with Gasteiger partial charge in [-0.2, -0.15) is 8.78 Å². The van der Waals surface area contributed by atoms with Gasteiger partial charge in [0.1, 0.15) is 0 Å². The first-order valence-electron chi connectivity index (χ1n) is 5.36. The van der Waals surface area contributed by atoms with E-state index in [-0.39, 0.29) is 5.56 Å². The predicted molar refractivity (Wildman–Crippen MR) is 65.5 cm³/mol. The molecule has 0 unspecified atom stereocenters. The van der Waals surface area contributed by atoms with Gasteiger partial charge in [0.25, 0.3) is 0 Å². The summed E-state index contributed by atoms with van der Waals surface area (Å²) >= 11 is 0. The fraction of sp³-hybridized carbons (Fsp3) is 0.0714. The van der Waals surface area contributed by atoms with Crippen LogP contribution in [0.15, 0.2) is 42.5 Å². The normalized spacial score (nSPS) is 10.3.